The predicted octanol–water partition coefficient (Wildman–Crippen LogP) is 4.30. The number of aliphatic carboxylic acids is 1. The summed E-state index contributed by atoms with van der Waals surface area (Å²) in [5.41, 5.74) is 4.03. The van der Waals surface area contributed by atoms with Crippen molar-refractivity contribution in [1.82, 2.24) is 19.6 Å². The van der Waals surface area contributed by atoms with Gasteiger partial charge in [-0.15, -0.1) is 0 Å². The van der Waals surface area contributed by atoms with E-state index in [1.54, 1.807) is 11.6 Å². The van der Waals surface area contributed by atoms with Gasteiger partial charge in [-0.3, -0.25) is 4.79 Å². The van der Waals surface area contributed by atoms with Crippen LogP contribution in [0, 0.1) is 13.8 Å². The Bertz CT molecular complexity index is 1330. The van der Waals surface area contributed by atoms with Gasteiger partial charge in [0.25, 0.3) is 5.91 Å². The highest BCUT2D eigenvalue weighted by atomic mass is 16.5. The predicted molar refractivity (Wildman–Crippen MR) is 127 cm³/mol. The maximum atomic E-state index is 12.9. The van der Waals surface area contributed by atoms with E-state index < -0.39 is 17.9 Å². The molecule has 1 unspecified atom stereocenters. The summed E-state index contributed by atoms with van der Waals surface area (Å²) in [4.78, 5) is 24.2. The van der Waals surface area contributed by atoms with Gasteiger partial charge in [0.1, 0.15) is 17.5 Å². The second-order valence-corrected chi connectivity index (χ2v) is 7.81. The molecule has 174 valence electrons. The van der Waals surface area contributed by atoms with Crippen LogP contribution in [0.15, 0.2) is 66.9 Å². The van der Waals surface area contributed by atoms with Crippen LogP contribution in [-0.4, -0.2) is 36.5 Å². The monoisotopic (exact) mass is 459 g/mol. The lowest BCUT2D eigenvalue weighted by atomic mass is 10.1. The molecule has 9 nitrogen and oxygen atoms in total. The summed E-state index contributed by atoms with van der Waals surface area (Å²) in [7, 11) is 0. The summed E-state index contributed by atoms with van der Waals surface area (Å²) < 4.78 is 8.94. The number of carbonyl (C=O) groups excluding carboxylic acids is 1. The van der Waals surface area contributed by atoms with Gasteiger partial charge >= 0.3 is 5.97 Å². The number of carboxylic acids is 1. The second kappa shape index (κ2) is 9.62. The molecule has 0 radical (unpaired) electrons. The zero-order valence-electron chi connectivity index (χ0n) is 19.1. The molecule has 0 aliphatic heterocycles. The van der Waals surface area contributed by atoms with Crippen molar-refractivity contribution in [2.75, 3.05) is 5.32 Å². The quantitative estimate of drug-likeness (QED) is 0.406. The van der Waals surface area contributed by atoms with Gasteiger partial charge in [0.2, 0.25) is 0 Å². The molecule has 0 bridgehead atoms. The zero-order valence-corrected chi connectivity index (χ0v) is 19.1. The number of carbonyl (C=O) groups is 2. The molecule has 0 saturated heterocycles. The lowest BCUT2D eigenvalue weighted by molar-refractivity contribution is -0.140. The Balaban J connectivity index is 1.52. The molecule has 0 aliphatic rings. The van der Waals surface area contributed by atoms with Crippen LogP contribution in [0.2, 0.25) is 0 Å². The fraction of sp³-hybridized carbons (Fsp3) is 0.200. The number of nitrogens with one attached hydrogen (secondary N) is 1. The standard InChI is InChI=1S/C25H25N5O4/c1-16-23(27-24(31)21-13-14-26-30(21)18(3)25(32)33)17(2)29(28-16)15-34-22-12-8-7-11-20(22)19-9-5-4-6-10-19/h4-14,18H,15H2,1-3H3,(H,27,31)(H,32,33). The first-order valence-electron chi connectivity index (χ1n) is 10.8. The molecule has 1 amide bonds. The van der Waals surface area contributed by atoms with E-state index in [2.05, 4.69) is 15.5 Å². The summed E-state index contributed by atoms with van der Waals surface area (Å²) in [5.74, 6) is -0.823. The summed E-state index contributed by atoms with van der Waals surface area (Å²) >= 11 is 0. The van der Waals surface area contributed by atoms with Crippen LogP contribution in [0.1, 0.15) is 34.8 Å². The Hall–Kier alpha value is -4.40. The van der Waals surface area contributed by atoms with Crippen LogP contribution < -0.4 is 10.1 Å². The number of rotatable bonds is 8. The fourth-order valence-corrected chi connectivity index (χ4v) is 3.67. The highest BCUT2D eigenvalue weighted by Gasteiger charge is 2.23. The molecule has 2 aromatic heterocycles. The van der Waals surface area contributed by atoms with Gasteiger partial charge in [-0.25, -0.2) is 14.2 Å². The van der Waals surface area contributed by atoms with Gasteiger partial charge < -0.3 is 15.2 Å². The Morgan fingerprint density at radius 3 is 2.50 bits per heavy atom. The first-order valence-corrected chi connectivity index (χ1v) is 10.8. The molecule has 1 atom stereocenters. The highest BCUT2D eigenvalue weighted by molar-refractivity contribution is 6.04. The van der Waals surface area contributed by atoms with Crippen molar-refractivity contribution in [1.29, 1.82) is 0 Å². The van der Waals surface area contributed by atoms with Crippen LogP contribution in [0.5, 0.6) is 5.75 Å². The van der Waals surface area contributed by atoms with E-state index in [0.29, 0.717) is 17.1 Å². The molecule has 2 aromatic carbocycles. The molecule has 0 fully saturated rings. The summed E-state index contributed by atoms with van der Waals surface area (Å²) in [6.07, 6.45) is 1.40. The first-order chi connectivity index (χ1) is 16.4. The Morgan fingerprint density at radius 1 is 1.06 bits per heavy atom. The van der Waals surface area contributed by atoms with Gasteiger partial charge in [0, 0.05) is 11.8 Å². The van der Waals surface area contributed by atoms with Gasteiger partial charge in [-0.2, -0.15) is 10.2 Å². The first kappa shape index (κ1) is 22.8. The Labute approximate surface area is 196 Å². The van der Waals surface area contributed by atoms with Crippen molar-refractivity contribution < 1.29 is 19.4 Å². The number of carboxylic acid groups (broad SMARTS) is 1. The van der Waals surface area contributed by atoms with Crippen LogP contribution in [0.4, 0.5) is 5.69 Å². The Kier molecular flexibility index (Phi) is 6.44. The lowest BCUT2D eigenvalue weighted by Crippen LogP contribution is -2.24. The minimum absolute atomic E-state index is 0.148. The minimum Gasteiger partial charge on any atom is -0.480 e. The van der Waals surface area contributed by atoms with Crippen molar-refractivity contribution in [3.8, 4) is 16.9 Å². The SMILES string of the molecule is Cc1nn(COc2ccccc2-c2ccccc2)c(C)c1NC(=O)c1ccnn1C(C)C(=O)O. The van der Waals surface area contributed by atoms with Gasteiger partial charge in [0.05, 0.1) is 17.1 Å². The highest BCUT2D eigenvalue weighted by Crippen LogP contribution is 2.30. The smallest absolute Gasteiger partial charge is 0.328 e. The number of hydrogen-bond donors (Lipinski definition) is 2. The Morgan fingerprint density at radius 2 is 1.76 bits per heavy atom. The van der Waals surface area contributed by atoms with Crippen molar-refractivity contribution >= 4 is 17.6 Å². The van der Waals surface area contributed by atoms with Crippen LogP contribution in [-0.2, 0) is 11.5 Å². The third-order valence-electron chi connectivity index (χ3n) is 5.56. The van der Waals surface area contributed by atoms with Crippen LogP contribution in [0.3, 0.4) is 0 Å². The number of amides is 1. The van der Waals surface area contributed by atoms with Crippen LogP contribution >= 0.6 is 0 Å². The van der Waals surface area contributed by atoms with Gasteiger partial charge in [0.15, 0.2) is 6.73 Å². The number of para-hydroxylation sites is 1. The van der Waals surface area contributed by atoms with Gasteiger partial charge in [-0.1, -0.05) is 48.5 Å². The zero-order chi connectivity index (χ0) is 24.2. The average molecular weight is 460 g/mol. The number of hydrogen-bond acceptors (Lipinski definition) is 5. The molecule has 2 N–H and O–H groups in total. The van der Waals surface area contributed by atoms with Crippen molar-refractivity contribution in [3.63, 3.8) is 0 Å². The summed E-state index contributed by atoms with van der Waals surface area (Å²) in [6.45, 7) is 5.24. The number of anilines is 1. The summed E-state index contributed by atoms with van der Waals surface area (Å²) in [5, 5.41) is 20.6. The maximum Gasteiger partial charge on any atom is 0.328 e. The molecule has 4 aromatic rings. The normalized spacial score (nSPS) is 11.7. The van der Waals surface area contributed by atoms with E-state index in [9.17, 15) is 14.7 Å². The van der Waals surface area contributed by atoms with Gasteiger partial charge in [-0.05, 0) is 38.5 Å². The third kappa shape index (κ3) is 4.54. The van der Waals surface area contributed by atoms with E-state index in [1.165, 1.54) is 23.9 Å². The molecule has 4 rings (SSSR count). The van der Waals surface area contributed by atoms with E-state index in [4.69, 9.17) is 4.74 Å². The minimum atomic E-state index is -1.08. The number of benzene rings is 2. The molecule has 0 spiro atoms. The second-order valence-electron chi connectivity index (χ2n) is 7.81. The fourth-order valence-electron chi connectivity index (χ4n) is 3.67. The summed E-state index contributed by atoms with van der Waals surface area (Å²) in [6, 6.07) is 18.2. The van der Waals surface area contributed by atoms with Crippen molar-refractivity contribution in [3.05, 3.63) is 83.9 Å². The van der Waals surface area contributed by atoms with E-state index in [1.807, 2.05) is 61.5 Å². The number of nitrogens with zero attached hydrogens (tertiary/aromatic N) is 4. The molecule has 2 heterocycles. The molecule has 9 heteroatoms. The lowest BCUT2D eigenvalue weighted by Gasteiger charge is -2.13. The molecule has 34 heavy (non-hydrogen) atoms. The number of aromatic nitrogens is 4. The average Bonchev–Trinajstić information content (AvgIpc) is 3.43. The number of aryl methyl sites for hydroxylation is 1. The number of ether oxygens (including phenoxy) is 1. The topological polar surface area (TPSA) is 111 Å². The molecule has 0 saturated carbocycles. The third-order valence-corrected chi connectivity index (χ3v) is 5.56. The van der Waals surface area contributed by atoms with E-state index >= 15 is 0 Å². The van der Waals surface area contributed by atoms with E-state index in [-0.39, 0.29) is 12.4 Å². The van der Waals surface area contributed by atoms with E-state index in [0.717, 1.165) is 16.9 Å². The van der Waals surface area contributed by atoms with Crippen LogP contribution in [0.25, 0.3) is 11.1 Å². The molecular formula is C25H25N5O4. The molecular weight excluding hydrogens is 434 g/mol. The van der Waals surface area contributed by atoms with Crippen molar-refractivity contribution in [2.24, 2.45) is 0 Å². The molecule has 0 aliphatic carbocycles. The largest absolute Gasteiger partial charge is 0.480 e. The maximum absolute atomic E-state index is 12.9. The van der Waals surface area contributed by atoms with Crippen molar-refractivity contribution in [2.45, 2.75) is 33.5 Å².